The second kappa shape index (κ2) is 12.5. The van der Waals surface area contributed by atoms with Crippen molar-refractivity contribution in [2.45, 2.75) is 57.9 Å². The molecule has 1 atom stereocenters. The number of pyridine rings is 1. The number of aryl methyl sites for hydroxylation is 1. The molecule has 17 heteroatoms. The monoisotopic (exact) mass is 713 g/mol. The van der Waals surface area contributed by atoms with Crippen LogP contribution < -0.4 is 14.3 Å². The predicted octanol–water partition coefficient (Wildman–Crippen LogP) is 6.70. The molecule has 0 fully saturated rings. The highest BCUT2D eigenvalue weighted by Gasteiger charge is 2.34. The number of rotatable bonds is 9. The summed E-state index contributed by atoms with van der Waals surface area (Å²) in [5.41, 5.74) is 0.145. The minimum atomic E-state index is -5.46. The topological polar surface area (TPSA) is 134 Å². The Morgan fingerprint density at radius 3 is 2.29 bits per heavy atom. The minimum absolute atomic E-state index is 0.0675. The number of hydrogen-bond acceptors (Lipinski definition) is 9. The molecule has 3 aromatic heterocycles. The Morgan fingerprint density at radius 2 is 1.67 bits per heavy atom. The van der Waals surface area contributed by atoms with E-state index in [0.717, 1.165) is 12.1 Å². The molecule has 2 aromatic carbocycles. The molecule has 0 saturated heterocycles. The molecule has 0 radical (unpaired) electrons. The van der Waals surface area contributed by atoms with Crippen LogP contribution in [-0.2, 0) is 16.7 Å². The first-order valence-corrected chi connectivity index (χ1v) is 15.7. The van der Waals surface area contributed by atoms with E-state index >= 15 is 0 Å². The Bertz CT molecular complexity index is 2240. The zero-order valence-electron chi connectivity index (χ0n) is 25.7. The van der Waals surface area contributed by atoms with Crippen molar-refractivity contribution in [2.24, 2.45) is 0 Å². The molecule has 5 aromatic rings. The summed E-state index contributed by atoms with van der Waals surface area (Å²) in [7, 11) is -5.46. The summed E-state index contributed by atoms with van der Waals surface area (Å²) in [6, 6.07) is 5.34. The highest BCUT2D eigenvalue weighted by atomic mass is 35.5. The van der Waals surface area contributed by atoms with E-state index in [4.69, 9.17) is 20.8 Å². The predicted molar refractivity (Wildman–Crippen MR) is 162 cm³/mol. The first kappa shape index (κ1) is 34.8. The molecule has 5 rings (SSSR count). The molecule has 0 bridgehead atoms. The maximum Gasteiger partial charge on any atom is 0.360 e. The second-order valence-electron chi connectivity index (χ2n) is 11.5. The lowest BCUT2D eigenvalue weighted by molar-refractivity contribution is 0.0577. The molecule has 1 N–H and O–H groups in total. The average molecular weight is 714 g/mol. The van der Waals surface area contributed by atoms with Crippen molar-refractivity contribution in [3.8, 4) is 22.8 Å². The van der Waals surface area contributed by atoms with E-state index < -0.39 is 72.6 Å². The van der Waals surface area contributed by atoms with Crippen molar-refractivity contribution < 1.29 is 48.8 Å². The van der Waals surface area contributed by atoms with Gasteiger partial charge in [0.2, 0.25) is 39.9 Å². The van der Waals surface area contributed by atoms with Crippen molar-refractivity contribution in [1.29, 1.82) is 0 Å². The molecule has 0 aliphatic heterocycles. The number of ether oxygens (including phenoxy) is 1. The Labute approximate surface area is 274 Å². The van der Waals surface area contributed by atoms with Gasteiger partial charge in [-0.05, 0) is 64.4 Å². The summed E-state index contributed by atoms with van der Waals surface area (Å²) in [5.74, 6) is -15.0. The standard InChI is InChI=1S/C31H25ClF5N3O7S/c1-13-8-17(28-18(9-13)26(41)14(2)27(46-28)16-10-38-40(11-16)12-31(4,5)42)15(3)45-19-6-7-20(32)39-30(19)48(43,44)47-29-24(36)22(34)21(33)23(35)25(29)37/h6-11,15,42H,12H2,1-5H3/t15-/m1/s1. The molecule has 3 heterocycles. The van der Waals surface area contributed by atoms with Gasteiger partial charge in [0, 0.05) is 17.3 Å². The van der Waals surface area contributed by atoms with Crippen LogP contribution in [0.5, 0.6) is 11.5 Å². The van der Waals surface area contributed by atoms with Crippen molar-refractivity contribution in [1.82, 2.24) is 14.8 Å². The highest BCUT2D eigenvalue weighted by Crippen LogP contribution is 2.37. The first-order valence-electron chi connectivity index (χ1n) is 13.9. The van der Waals surface area contributed by atoms with E-state index in [-0.39, 0.29) is 39.8 Å². The van der Waals surface area contributed by atoms with Gasteiger partial charge < -0.3 is 18.4 Å². The summed E-state index contributed by atoms with van der Waals surface area (Å²) >= 11 is 5.88. The number of halogens is 6. The molecule has 0 aliphatic rings. The quantitative estimate of drug-likeness (QED) is 0.0583. The van der Waals surface area contributed by atoms with Crippen molar-refractivity contribution >= 4 is 32.7 Å². The highest BCUT2D eigenvalue weighted by molar-refractivity contribution is 7.87. The molecule has 48 heavy (non-hydrogen) atoms. The molecule has 0 aliphatic carbocycles. The Hall–Kier alpha value is -4.54. The number of aliphatic hydroxyl groups is 1. The van der Waals surface area contributed by atoms with Gasteiger partial charge in [-0.25, -0.2) is 18.2 Å². The summed E-state index contributed by atoms with van der Waals surface area (Å²) in [6.45, 7) is 8.07. The molecular formula is C31H25ClF5N3O7S. The van der Waals surface area contributed by atoms with Crippen LogP contribution in [0.25, 0.3) is 22.3 Å². The number of nitrogens with zero attached hydrogens (tertiary/aromatic N) is 3. The van der Waals surface area contributed by atoms with Crippen LogP contribution >= 0.6 is 11.6 Å². The molecule has 0 amide bonds. The van der Waals surface area contributed by atoms with Crippen molar-refractivity contribution in [3.05, 3.63) is 97.8 Å². The van der Waals surface area contributed by atoms with Gasteiger partial charge in [0.15, 0.2) is 11.2 Å². The number of benzene rings is 2. The molecule has 0 unspecified atom stereocenters. The van der Waals surface area contributed by atoms with Crippen LogP contribution in [-0.4, -0.2) is 33.9 Å². The van der Waals surface area contributed by atoms with Crippen molar-refractivity contribution in [2.75, 3.05) is 0 Å². The van der Waals surface area contributed by atoms with E-state index in [1.54, 1.807) is 46.0 Å². The van der Waals surface area contributed by atoms with Gasteiger partial charge in [0.1, 0.15) is 22.6 Å². The second-order valence-corrected chi connectivity index (χ2v) is 13.3. The Kier molecular flexibility index (Phi) is 9.05. The lowest BCUT2D eigenvalue weighted by Gasteiger charge is -2.19. The van der Waals surface area contributed by atoms with Gasteiger partial charge >= 0.3 is 10.1 Å². The molecule has 10 nitrogen and oxygen atoms in total. The largest absolute Gasteiger partial charge is 0.483 e. The number of aromatic nitrogens is 3. The lowest BCUT2D eigenvalue weighted by Crippen LogP contribution is -2.26. The summed E-state index contributed by atoms with van der Waals surface area (Å²) in [4.78, 5) is 17.2. The number of fused-ring (bicyclic) bond motifs is 1. The summed E-state index contributed by atoms with van der Waals surface area (Å²) in [6.07, 6.45) is 1.91. The molecule has 0 saturated carbocycles. The van der Waals surface area contributed by atoms with Crippen LogP contribution in [0.1, 0.15) is 43.6 Å². The zero-order chi connectivity index (χ0) is 35.5. The van der Waals surface area contributed by atoms with Crippen LogP contribution in [0.3, 0.4) is 0 Å². The van der Waals surface area contributed by atoms with Gasteiger partial charge in [-0.15, -0.1) is 0 Å². The third-order valence-corrected chi connectivity index (χ3v) is 8.33. The fourth-order valence-corrected chi connectivity index (χ4v) is 6.06. The third-order valence-electron chi connectivity index (χ3n) is 6.97. The third kappa shape index (κ3) is 6.59. The molecule has 254 valence electrons. The van der Waals surface area contributed by atoms with Gasteiger partial charge in [0.05, 0.1) is 29.3 Å². The number of hydrogen-bond donors (Lipinski definition) is 1. The van der Waals surface area contributed by atoms with E-state index in [0.29, 0.717) is 11.1 Å². The average Bonchev–Trinajstić information content (AvgIpc) is 3.46. The van der Waals surface area contributed by atoms with Crippen molar-refractivity contribution in [3.63, 3.8) is 0 Å². The van der Waals surface area contributed by atoms with E-state index in [2.05, 4.69) is 14.3 Å². The fraction of sp³-hybridized carbons (Fsp3) is 0.258. The van der Waals surface area contributed by atoms with Gasteiger partial charge in [-0.3, -0.25) is 9.48 Å². The first-order chi connectivity index (χ1) is 22.3. The summed E-state index contributed by atoms with van der Waals surface area (Å²) < 4.78 is 114. The van der Waals surface area contributed by atoms with E-state index in [1.807, 2.05) is 0 Å². The minimum Gasteiger partial charge on any atom is -0.483 e. The molecule has 0 spiro atoms. The Morgan fingerprint density at radius 1 is 1.04 bits per heavy atom. The van der Waals surface area contributed by atoms with Gasteiger partial charge in [0.25, 0.3) is 0 Å². The SMILES string of the molecule is Cc1cc([C@@H](C)Oc2ccc(Cl)nc2S(=O)(=O)Oc2c(F)c(F)c(F)c(F)c2F)c2oc(-c3cnn(CC(C)(C)O)c3)c(C)c(=O)c2c1. The molecular weight excluding hydrogens is 689 g/mol. The summed E-state index contributed by atoms with van der Waals surface area (Å²) in [5, 5.41) is 13.0. The lowest BCUT2D eigenvalue weighted by atomic mass is 10.0. The van der Waals surface area contributed by atoms with Crippen LogP contribution in [0.15, 0.2) is 50.9 Å². The maximum atomic E-state index is 14.3. The maximum absolute atomic E-state index is 14.3. The van der Waals surface area contributed by atoms with E-state index in [9.17, 15) is 40.3 Å². The normalized spacial score (nSPS) is 12.8. The fourth-order valence-electron chi connectivity index (χ4n) is 4.84. The van der Waals surface area contributed by atoms with E-state index in [1.165, 1.54) is 17.8 Å². The van der Waals surface area contributed by atoms with Crippen LogP contribution in [0.4, 0.5) is 22.0 Å². The van der Waals surface area contributed by atoms with Gasteiger partial charge in [-0.2, -0.15) is 22.3 Å². The van der Waals surface area contributed by atoms with Crippen LogP contribution in [0.2, 0.25) is 5.15 Å². The van der Waals surface area contributed by atoms with Gasteiger partial charge in [-0.1, -0.05) is 11.6 Å². The smallest absolute Gasteiger partial charge is 0.360 e. The Balaban J connectivity index is 1.58. The van der Waals surface area contributed by atoms with Crippen LogP contribution in [0, 0.1) is 42.9 Å². The zero-order valence-corrected chi connectivity index (χ0v) is 27.2.